The number of nitrogens with one attached hydrogen (secondary N) is 1. The standard InChI is InChI=1S/C18H19N3O4S/c1-21(16-7-4-13(22)11-19-16)8-9-25-14-5-2-12(3-6-14)10-15-17(23)20-18(24)26-15/h2-7,11,22-23H,8-10H2,1H3,(H,20,24). The lowest BCUT2D eigenvalue weighted by Crippen LogP contribution is -2.24. The van der Waals surface area contributed by atoms with Crippen molar-refractivity contribution in [3.05, 3.63) is 62.7 Å². The van der Waals surface area contributed by atoms with Gasteiger partial charge in [-0.05, 0) is 29.8 Å². The number of ether oxygens (including phenoxy) is 1. The Hall–Kier alpha value is -3.00. The van der Waals surface area contributed by atoms with Gasteiger partial charge in [0.25, 0.3) is 0 Å². The number of thiazole rings is 1. The summed E-state index contributed by atoms with van der Waals surface area (Å²) in [5.41, 5.74) is 0.980. The summed E-state index contributed by atoms with van der Waals surface area (Å²) in [6.45, 7) is 1.13. The maximum Gasteiger partial charge on any atom is 0.307 e. The van der Waals surface area contributed by atoms with Crippen molar-refractivity contribution in [2.45, 2.75) is 6.42 Å². The van der Waals surface area contributed by atoms with E-state index < -0.39 is 0 Å². The zero-order chi connectivity index (χ0) is 18.5. The molecule has 2 aromatic heterocycles. The highest BCUT2D eigenvalue weighted by atomic mass is 32.1. The van der Waals surface area contributed by atoms with Gasteiger partial charge in [0.2, 0.25) is 5.88 Å². The number of hydrogen-bond donors (Lipinski definition) is 3. The van der Waals surface area contributed by atoms with E-state index >= 15 is 0 Å². The number of anilines is 1. The van der Waals surface area contributed by atoms with E-state index in [0.29, 0.717) is 24.4 Å². The molecule has 0 atom stereocenters. The number of likely N-dealkylation sites (N-methyl/N-ethyl adjacent to an activating group) is 1. The van der Waals surface area contributed by atoms with Crippen LogP contribution in [0.3, 0.4) is 0 Å². The Morgan fingerprint density at radius 2 is 1.96 bits per heavy atom. The highest BCUT2D eigenvalue weighted by molar-refractivity contribution is 7.09. The SMILES string of the molecule is CN(CCOc1ccc(Cc2sc(=O)[nH]c2O)cc1)c1ccc(O)cn1. The van der Waals surface area contributed by atoms with Crippen LogP contribution >= 0.6 is 11.3 Å². The predicted molar refractivity (Wildman–Crippen MR) is 101 cm³/mol. The van der Waals surface area contributed by atoms with Crippen LogP contribution in [-0.2, 0) is 6.42 Å². The minimum Gasteiger partial charge on any atom is -0.506 e. The number of H-pyrrole nitrogens is 1. The first kappa shape index (κ1) is 17.8. The molecule has 0 unspecified atom stereocenters. The van der Waals surface area contributed by atoms with Crippen molar-refractivity contribution < 1.29 is 14.9 Å². The van der Waals surface area contributed by atoms with Crippen molar-refractivity contribution in [3.63, 3.8) is 0 Å². The van der Waals surface area contributed by atoms with E-state index in [4.69, 9.17) is 4.74 Å². The summed E-state index contributed by atoms with van der Waals surface area (Å²) < 4.78 is 5.73. The van der Waals surface area contributed by atoms with Crippen LogP contribution in [0.5, 0.6) is 17.4 Å². The Kier molecular flexibility index (Phi) is 5.43. The minimum atomic E-state index is -0.260. The molecule has 3 rings (SSSR count). The molecule has 0 amide bonds. The first-order chi connectivity index (χ1) is 12.5. The summed E-state index contributed by atoms with van der Waals surface area (Å²) in [7, 11) is 1.90. The minimum absolute atomic E-state index is 0.0637. The highest BCUT2D eigenvalue weighted by Gasteiger charge is 2.08. The van der Waals surface area contributed by atoms with Crippen LogP contribution < -0.4 is 14.5 Å². The fourth-order valence-corrected chi connectivity index (χ4v) is 3.14. The maximum absolute atomic E-state index is 11.2. The van der Waals surface area contributed by atoms with E-state index in [-0.39, 0.29) is 16.5 Å². The van der Waals surface area contributed by atoms with Gasteiger partial charge in [-0.1, -0.05) is 23.5 Å². The Morgan fingerprint density at radius 1 is 1.19 bits per heavy atom. The zero-order valence-electron chi connectivity index (χ0n) is 14.2. The average Bonchev–Trinajstić information content (AvgIpc) is 2.94. The molecule has 3 aromatic rings. The van der Waals surface area contributed by atoms with Gasteiger partial charge >= 0.3 is 4.87 Å². The molecule has 0 aliphatic carbocycles. The molecule has 3 N–H and O–H groups in total. The van der Waals surface area contributed by atoms with Crippen molar-refractivity contribution in [3.8, 4) is 17.4 Å². The quantitative estimate of drug-likeness (QED) is 0.588. The molecule has 7 nitrogen and oxygen atoms in total. The highest BCUT2D eigenvalue weighted by Crippen LogP contribution is 2.22. The molecule has 1 aromatic carbocycles. The van der Waals surface area contributed by atoms with Gasteiger partial charge in [0, 0.05) is 13.5 Å². The van der Waals surface area contributed by atoms with Gasteiger partial charge in [-0.15, -0.1) is 0 Å². The number of hydrogen-bond acceptors (Lipinski definition) is 7. The van der Waals surface area contributed by atoms with E-state index in [1.807, 2.05) is 36.2 Å². The van der Waals surface area contributed by atoms with Gasteiger partial charge < -0.3 is 19.8 Å². The van der Waals surface area contributed by atoms with Crippen molar-refractivity contribution >= 4 is 17.2 Å². The summed E-state index contributed by atoms with van der Waals surface area (Å²) in [6, 6.07) is 10.9. The topological polar surface area (TPSA) is 98.7 Å². The van der Waals surface area contributed by atoms with E-state index in [2.05, 4.69) is 9.97 Å². The summed E-state index contributed by atoms with van der Waals surface area (Å²) in [5.74, 6) is 1.57. The van der Waals surface area contributed by atoms with Gasteiger partial charge in [0.1, 0.15) is 23.9 Å². The van der Waals surface area contributed by atoms with Gasteiger partial charge in [0.15, 0.2) is 0 Å². The van der Waals surface area contributed by atoms with Crippen molar-refractivity contribution in [2.75, 3.05) is 25.1 Å². The number of benzene rings is 1. The number of aromatic nitrogens is 2. The fourth-order valence-electron chi connectivity index (χ4n) is 2.38. The zero-order valence-corrected chi connectivity index (χ0v) is 15.0. The number of pyridine rings is 1. The number of aromatic amines is 1. The molecule has 0 spiro atoms. The Labute approximate surface area is 154 Å². The molecule has 0 fully saturated rings. The summed E-state index contributed by atoms with van der Waals surface area (Å²) in [5, 5.41) is 18.9. The summed E-state index contributed by atoms with van der Waals surface area (Å²) >= 11 is 1.01. The second kappa shape index (κ2) is 7.92. The molecule has 0 saturated carbocycles. The van der Waals surface area contributed by atoms with Gasteiger partial charge in [-0.3, -0.25) is 9.78 Å². The average molecular weight is 373 g/mol. The van der Waals surface area contributed by atoms with E-state index in [0.717, 1.165) is 28.5 Å². The molecule has 136 valence electrons. The van der Waals surface area contributed by atoms with E-state index in [1.165, 1.54) is 6.20 Å². The third-order valence-corrected chi connectivity index (χ3v) is 4.68. The molecule has 2 heterocycles. The molecular formula is C18H19N3O4S. The molecule has 0 aliphatic rings. The Bertz CT molecular complexity index is 903. The third kappa shape index (κ3) is 4.54. The Morgan fingerprint density at radius 3 is 2.58 bits per heavy atom. The van der Waals surface area contributed by atoms with Crippen LogP contribution in [0.1, 0.15) is 10.4 Å². The molecule has 0 radical (unpaired) electrons. The second-order valence-corrected chi connectivity index (χ2v) is 6.82. The van der Waals surface area contributed by atoms with Crippen molar-refractivity contribution in [2.24, 2.45) is 0 Å². The lowest BCUT2D eigenvalue weighted by Gasteiger charge is -2.18. The van der Waals surface area contributed by atoms with Gasteiger partial charge in [0.05, 0.1) is 17.6 Å². The molecule has 0 aliphatic heterocycles. The number of nitrogens with zero attached hydrogens (tertiary/aromatic N) is 2. The third-order valence-electron chi connectivity index (χ3n) is 3.81. The predicted octanol–water partition coefficient (Wildman–Crippen LogP) is 2.35. The van der Waals surface area contributed by atoms with Crippen LogP contribution in [-0.4, -0.2) is 40.4 Å². The molecule has 0 saturated heterocycles. The van der Waals surface area contributed by atoms with Crippen molar-refractivity contribution in [1.82, 2.24) is 9.97 Å². The fraction of sp³-hybridized carbons (Fsp3) is 0.222. The molecule has 26 heavy (non-hydrogen) atoms. The first-order valence-electron chi connectivity index (χ1n) is 8.00. The van der Waals surface area contributed by atoms with Crippen LogP contribution in [0.15, 0.2) is 47.4 Å². The lowest BCUT2D eigenvalue weighted by atomic mass is 10.1. The van der Waals surface area contributed by atoms with E-state index in [9.17, 15) is 15.0 Å². The van der Waals surface area contributed by atoms with Crippen molar-refractivity contribution in [1.29, 1.82) is 0 Å². The Balaban J connectivity index is 1.50. The van der Waals surface area contributed by atoms with Gasteiger partial charge in [-0.2, -0.15) is 0 Å². The number of rotatable bonds is 7. The summed E-state index contributed by atoms with van der Waals surface area (Å²) in [4.78, 5) is 20.0. The second-order valence-electron chi connectivity index (χ2n) is 5.75. The normalized spacial score (nSPS) is 10.7. The smallest absolute Gasteiger partial charge is 0.307 e. The summed E-state index contributed by atoms with van der Waals surface area (Å²) in [6.07, 6.45) is 1.90. The van der Waals surface area contributed by atoms with Crippen LogP contribution in [0.25, 0.3) is 0 Å². The van der Waals surface area contributed by atoms with Crippen LogP contribution in [0.4, 0.5) is 5.82 Å². The van der Waals surface area contributed by atoms with Crippen LogP contribution in [0.2, 0.25) is 0 Å². The lowest BCUT2D eigenvalue weighted by molar-refractivity contribution is 0.325. The first-order valence-corrected chi connectivity index (χ1v) is 8.82. The van der Waals surface area contributed by atoms with E-state index in [1.54, 1.807) is 12.1 Å². The van der Waals surface area contributed by atoms with Gasteiger partial charge in [-0.25, -0.2) is 4.98 Å². The number of aromatic hydroxyl groups is 2. The van der Waals surface area contributed by atoms with Crippen LogP contribution in [0, 0.1) is 0 Å². The maximum atomic E-state index is 11.2. The molecule has 8 heteroatoms. The largest absolute Gasteiger partial charge is 0.506 e. The molecule has 0 bridgehead atoms. The molecular weight excluding hydrogens is 354 g/mol. The monoisotopic (exact) mass is 373 g/mol.